The number of phenolic OH excluding ortho intramolecular Hbond substituents is 1. The van der Waals surface area contributed by atoms with E-state index in [9.17, 15) is 5.11 Å². The Balaban J connectivity index is 2.93. The standard InChI is InChI=1S/C17H24O2/c1-10-8-11-13(19-10)9-12(16(2,3)4)15(18)14(11)17(5,6)7/h8-9,18H,1-7H3. The molecular weight excluding hydrogens is 236 g/mol. The van der Waals surface area contributed by atoms with E-state index < -0.39 is 0 Å². The second kappa shape index (κ2) is 4.03. The van der Waals surface area contributed by atoms with Gasteiger partial charge in [-0.2, -0.15) is 0 Å². The van der Waals surface area contributed by atoms with Crippen molar-refractivity contribution in [1.82, 2.24) is 0 Å². The van der Waals surface area contributed by atoms with Crippen LogP contribution in [0.25, 0.3) is 11.0 Å². The van der Waals surface area contributed by atoms with Gasteiger partial charge in [-0.1, -0.05) is 41.5 Å². The predicted octanol–water partition coefficient (Wildman–Crippen LogP) is 5.04. The summed E-state index contributed by atoms with van der Waals surface area (Å²) in [7, 11) is 0. The Morgan fingerprint density at radius 1 is 0.947 bits per heavy atom. The van der Waals surface area contributed by atoms with Crippen LogP contribution in [0.15, 0.2) is 16.5 Å². The van der Waals surface area contributed by atoms with Crippen molar-refractivity contribution in [1.29, 1.82) is 0 Å². The van der Waals surface area contributed by atoms with E-state index in [4.69, 9.17) is 4.42 Å². The third-order valence-electron chi connectivity index (χ3n) is 3.48. The lowest BCUT2D eigenvalue weighted by molar-refractivity contribution is 0.425. The number of hydrogen-bond donors (Lipinski definition) is 1. The molecule has 2 aromatic rings. The van der Waals surface area contributed by atoms with Crippen LogP contribution in [0.1, 0.15) is 58.4 Å². The average molecular weight is 260 g/mol. The first-order valence-corrected chi connectivity index (χ1v) is 6.79. The van der Waals surface area contributed by atoms with Crippen LogP contribution in [0.4, 0.5) is 0 Å². The molecule has 0 aliphatic heterocycles. The van der Waals surface area contributed by atoms with Gasteiger partial charge in [0.1, 0.15) is 17.1 Å². The van der Waals surface area contributed by atoms with Gasteiger partial charge in [-0.05, 0) is 29.9 Å². The minimum atomic E-state index is -0.125. The number of rotatable bonds is 0. The van der Waals surface area contributed by atoms with Crippen LogP contribution in [0.5, 0.6) is 5.75 Å². The zero-order valence-electron chi connectivity index (χ0n) is 13.0. The van der Waals surface area contributed by atoms with Crippen LogP contribution >= 0.6 is 0 Å². The molecular formula is C17H24O2. The number of phenols is 1. The maximum absolute atomic E-state index is 10.7. The van der Waals surface area contributed by atoms with Crippen molar-refractivity contribution in [3.05, 3.63) is 29.0 Å². The van der Waals surface area contributed by atoms with Gasteiger partial charge in [-0.3, -0.25) is 0 Å². The molecule has 0 spiro atoms. The molecule has 2 rings (SSSR count). The number of hydrogen-bond acceptors (Lipinski definition) is 2. The second-order valence-corrected chi connectivity index (χ2v) is 7.42. The van der Waals surface area contributed by atoms with Crippen molar-refractivity contribution in [3.8, 4) is 5.75 Å². The first-order valence-electron chi connectivity index (χ1n) is 6.79. The zero-order valence-corrected chi connectivity index (χ0v) is 13.0. The smallest absolute Gasteiger partial charge is 0.135 e. The van der Waals surface area contributed by atoms with Gasteiger partial charge < -0.3 is 9.52 Å². The van der Waals surface area contributed by atoms with Crippen LogP contribution in [0.2, 0.25) is 0 Å². The third kappa shape index (κ3) is 2.36. The topological polar surface area (TPSA) is 33.4 Å². The SMILES string of the molecule is Cc1cc2c(C(C)(C)C)c(O)c(C(C)(C)C)cc2o1. The fourth-order valence-electron chi connectivity index (χ4n) is 2.63. The fraction of sp³-hybridized carbons (Fsp3) is 0.529. The average Bonchev–Trinajstić information content (AvgIpc) is 2.52. The molecule has 1 heterocycles. The summed E-state index contributed by atoms with van der Waals surface area (Å²) in [6.45, 7) is 14.6. The lowest BCUT2D eigenvalue weighted by Crippen LogP contribution is -2.17. The van der Waals surface area contributed by atoms with Crippen LogP contribution in [-0.4, -0.2) is 5.11 Å². The molecule has 2 heteroatoms. The molecule has 1 aromatic carbocycles. The molecule has 104 valence electrons. The number of furan rings is 1. The van der Waals surface area contributed by atoms with Gasteiger partial charge in [0.25, 0.3) is 0 Å². The summed E-state index contributed by atoms with van der Waals surface area (Å²) in [5, 5.41) is 11.7. The highest BCUT2D eigenvalue weighted by Gasteiger charge is 2.29. The van der Waals surface area contributed by atoms with Crippen LogP contribution in [-0.2, 0) is 10.8 Å². The monoisotopic (exact) mass is 260 g/mol. The van der Waals surface area contributed by atoms with Crippen LogP contribution in [0.3, 0.4) is 0 Å². The summed E-state index contributed by atoms with van der Waals surface area (Å²) in [4.78, 5) is 0. The Morgan fingerprint density at radius 3 is 2.00 bits per heavy atom. The molecule has 2 nitrogen and oxygen atoms in total. The van der Waals surface area contributed by atoms with E-state index in [1.165, 1.54) is 0 Å². The van der Waals surface area contributed by atoms with Crippen molar-refractivity contribution in [2.24, 2.45) is 0 Å². The molecule has 0 bridgehead atoms. The van der Waals surface area contributed by atoms with Gasteiger partial charge in [0, 0.05) is 16.5 Å². The van der Waals surface area contributed by atoms with Gasteiger partial charge in [-0.25, -0.2) is 0 Å². The predicted molar refractivity (Wildman–Crippen MR) is 80.0 cm³/mol. The largest absolute Gasteiger partial charge is 0.507 e. The van der Waals surface area contributed by atoms with Crippen molar-refractivity contribution in [2.45, 2.75) is 59.3 Å². The molecule has 0 unspecified atom stereocenters. The Kier molecular flexibility index (Phi) is 2.96. The molecule has 0 saturated heterocycles. The van der Waals surface area contributed by atoms with E-state index in [-0.39, 0.29) is 10.8 Å². The Morgan fingerprint density at radius 2 is 1.53 bits per heavy atom. The molecule has 0 aliphatic carbocycles. The summed E-state index contributed by atoms with van der Waals surface area (Å²) in [5.41, 5.74) is 2.55. The fourth-order valence-corrected chi connectivity index (χ4v) is 2.63. The number of fused-ring (bicyclic) bond motifs is 1. The molecule has 0 saturated carbocycles. The first-order chi connectivity index (χ1) is 8.51. The maximum atomic E-state index is 10.7. The summed E-state index contributed by atoms with van der Waals surface area (Å²) >= 11 is 0. The van der Waals surface area contributed by atoms with Crippen molar-refractivity contribution >= 4 is 11.0 Å². The molecule has 19 heavy (non-hydrogen) atoms. The van der Waals surface area contributed by atoms with Crippen molar-refractivity contribution in [3.63, 3.8) is 0 Å². The summed E-state index contributed by atoms with van der Waals surface area (Å²) < 4.78 is 5.78. The summed E-state index contributed by atoms with van der Waals surface area (Å²) in [6, 6.07) is 4.00. The lowest BCUT2D eigenvalue weighted by atomic mass is 9.78. The highest BCUT2D eigenvalue weighted by molar-refractivity contribution is 5.87. The van der Waals surface area contributed by atoms with Gasteiger partial charge in [0.2, 0.25) is 0 Å². The van der Waals surface area contributed by atoms with Gasteiger partial charge in [0.05, 0.1) is 0 Å². The Bertz CT molecular complexity index is 619. The highest BCUT2D eigenvalue weighted by atomic mass is 16.3. The minimum Gasteiger partial charge on any atom is -0.507 e. The van der Waals surface area contributed by atoms with Gasteiger partial charge >= 0.3 is 0 Å². The minimum absolute atomic E-state index is 0.112. The molecule has 1 N–H and O–H groups in total. The highest BCUT2D eigenvalue weighted by Crippen LogP contribution is 2.44. The molecule has 0 fully saturated rings. The zero-order chi connectivity index (χ0) is 14.6. The normalized spacial score (nSPS) is 13.2. The first kappa shape index (κ1) is 14.0. The Hall–Kier alpha value is -1.44. The number of aromatic hydroxyl groups is 1. The van der Waals surface area contributed by atoms with E-state index in [1.54, 1.807) is 0 Å². The number of benzene rings is 1. The third-order valence-corrected chi connectivity index (χ3v) is 3.48. The summed E-state index contributed by atoms with van der Waals surface area (Å²) in [6.07, 6.45) is 0. The van der Waals surface area contributed by atoms with Crippen molar-refractivity contribution < 1.29 is 9.52 Å². The molecule has 0 amide bonds. The van der Waals surface area contributed by atoms with E-state index >= 15 is 0 Å². The quantitative estimate of drug-likeness (QED) is 0.719. The van der Waals surface area contributed by atoms with E-state index in [0.717, 1.165) is 27.9 Å². The number of aryl methyl sites for hydroxylation is 1. The molecule has 1 aromatic heterocycles. The second-order valence-electron chi connectivity index (χ2n) is 7.42. The molecule has 0 aliphatic rings. The van der Waals surface area contributed by atoms with Crippen LogP contribution < -0.4 is 0 Å². The maximum Gasteiger partial charge on any atom is 0.135 e. The van der Waals surface area contributed by atoms with Gasteiger partial charge in [-0.15, -0.1) is 0 Å². The Labute approximate surface area is 115 Å². The lowest BCUT2D eigenvalue weighted by Gasteiger charge is -2.27. The molecule has 0 radical (unpaired) electrons. The summed E-state index contributed by atoms with van der Waals surface area (Å²) in [5.74, 6) is 1.29. The van der Waals surface area contributed by atoms with E-state index in [0.29, 0.717) is 5.75 Å². The molecule has 0 atom stereocenters. The van der Waals surface area contributed by atoms with E-state index in [1.807, 2.05) is 19.1 Å². The van der Waals surface area contributed by atoms with E-state index in [2.05, 4.69) is 41.5 Å². The van der Waals surface area contributed by atoms with Gasteiger partial charge in [0.15, 0.2) is 0 Å². The van der Waals surface area contributed by atoms with Crippen molar-refractivity contribution in [2.75, 3.05) is 0 Å². The van der Waals surface area contributed by atoms with Crippen LogP contribution in [0, 0.1) is 6.92 Å².